The number of morpholine rings is 1. The second kappa shape index (κ2) is 8.46. The molecule has 1 saturated heterocycles. The number of carbonyl (C=O) groups is 1. The summed E-state index contributed by atoms with van der Waals surface area (Å²) >= 11 is 0. The SMILES string of the molecule is O=C(Oc1ccccc1CCN1CCOCC1)C1CCCCC1. The van der Waals surface area contributed by atoms with E-state index >= 15 is 0 Å². The number of rotatable bonds is 5. The Bertz CT molecular complexity index is 505. The highest BCUT2D eigenvalue weighted by atomic mass is 16.5. The van der Waals surface area contributed by atoms with Crippen molar-refractivity contribution in [1.29, 1.82) is 0 Å². The van der Waals surface area contributed by atoms with E-state index < -0.39 is 0 Å². The van der Waals surface area contributed by atoms with E-state index in [1.807, 2.05) is 18.2 Å². The highest BCUT2D eigenvalue weighted by molar-refractivity contribution is 5.75. The van der Waals surface area contributed by atoms with Crippen molar-refractivity contribution < 1.29 is 14.3 Å². The third kappa shape index (κ3) is 4.79. The van der Waals surface area contributed by atoms with Crippen molar-refractivity contribution in [3.05, 3.63) is 29.8 Å². The van der Waals surface area contributed by atoms with Crippen molar-refractivity contribution in [3.63, 3.8) is 0 Å². The average Bonchev–Trinajstić information content (AvgIpc) is 2.62. The molecule has 0 unspecified atom stereocenters. The summed E-state index contributed by atoms with van der Waals surface area (Å²) in [5, 5.41) is 0. The van der Waals surface area contributed by atoms with Crippen LogP contribution in [-0.4, -0.2) is 43.7 Å². The predicted molar refractivity (Wildman–Crippen MR) is 89.6 cm³/mol. The molecule has 1 saturated carbocycles. The van der Waals surface area contributed by atoms with Crippen molar-refractivity contribution in [2.24, 2.45) is 5.92 Å². The molecule has 0 amide bonds. The van der Waals surface area contributed by atoms with Crippen LogP contribution in [0.2, 0.25) is 0 Å². The summed E-state index contributed by atoms with van der Waals surface area (Å²) in [7, 11) is 0. The Balaban J connectivity index is 1.57. The molecule has 1 aliphatic carbocycles. The van der Waals surface area contributed by atoms with Crippen LogP contribution in [0.3, 0.4) is 0 Å². The Labute approximate surface area is 138 Å². The molecule has 4 nitrogen and oxygen atoms in total. The number of esters is 1. The molecule has 2 fully saturated rings. The normalized spacial score (nSPS) is 20.3. The summed E-state index contributed by atoms with van der Waals surface area (Å²) < 4.78 is 11.1. The van der Waals surface area contributed by atoms with Crippen molar-refractivity contribution in [3.8, 4) is 5.75 Å². The molecule has 0 spiro atoms. The van der Waals surface area contributed by atoms with Crippen LogP contribution in [0, 0.1) is 5.92 Å². The second-order valence-corrected chi connectivity index (χ2v) is 6.57. The van der Waals surface area contributed by atoms with E-state index in [1.165, 1.54) is 6.42 Å². The van der Waals surface area contributed by atoms with Crippen LogP contribution < -0.4 is 4.74 Å². The van der Waals surface area contributed by atoms with Gasteiger partial charge in [0.05, 0.1) is 19.1 Å². The van der Waals surface area contributed by atoms with Crippen molar-refractivity contribution >= 4 is 5.97 Å². The fraction of sp³-hybridized carbons (Fsp3) is 0.632. The van der Waals surface area contributed by atoms with Crippen molar-refractivity contribution in [2.45, 2.75) is 38.5 Å². The minimum atomic E-state index is -0.0384. The van der Waals surface area contributed by atoms with Gasteiger partial charge >= 0.3 is 5.97 Å². The molecule has 1 aliphatic heterocycles. The lowest BCUT2D eigenvalue weighted by molar-refractivity contribution is -0.140. The van der Waals surface area contributed by atoms with Crippen LogP contribution in [0.15, 0.2) is 24.3 Å². The van der Waals surface area contributed by atoms with Crippen molar-refractivity contribution in [1.82, 2.24) is 4.90 Å². The molecule has 0 atom stereocenters. The lowest BCUT2D eigenvalue weighted by atomic mass is 9.89. The third-order valence-electron chi connectivity index (χ3n) is 4.92. The van der Waals surface area contributed by atoms with Gasteiger partial charge in [-0.25, -0.2) is 0 Å². The van der Waals surface area contributed by atoms with E-state index in [2.05, 4.69) is 11.0 Å². The molecule has 1 aromatic rings. The van der Waals surface area contributed by atoms with E-state index in [0.29, 0.717) is 0 Å². The molecule has 3 rings (SSSR count). The Kier molecular flexibility index (Phi) is 6.06. The van der Waals surface area contributed by atoms with E-state index in [1.54, 1.807) is 0 Å². The van der Waals surface area contributed by atoms with Crippen LogP contribution >= 0.6 is 0 Å². The number of hydrogen-bond acceptors (Lipinski definition) is 4. The number of benzene rings is 1. The maximum Gasteiger partial charge on any atom is 0.314 e. The smallest absolute Gasteiger partial charge is 0.314 e. The standard InChI is InChI=1S/C19H27NO3/c21-19(17-7-2-1-3-8-17)23-18-9-5-4-6-16(18)10-11-20-12-14-22-15-13-20/h4-6,9,17H,1-3,7-8,10-15H2. The van der Waals surface area contributed by atoms with E-state index in [9.17, 15) is 4.79 Å². The number of ether oxygens (including phenoxy) is 2. The van der Waals surface area contributed by atoms with E-state index in [0.717, 1.165) is 76.3 Å². The summed E-state index contributed by atoms with van der Waals surface area (Å²) in [6.45, 7) is 4.60. The molecule has 1 heterocycles. The third-order valence-corrected chi connectivity index (χ3v) is 4.92. The van der Waals surface area contributed by atoms with E-state index in [4.69, 9.17) is 9.47 Å². The van der Waals surface area contributed by atoms with Crippen LogP contribution in [-0.2, 0) is 16.0 Å². The molecular formula is C19H27NO3. The maximum atomic E-state index is 12.4. The molecule has 0 radical (unpaired) electrons. The lowest BCUT2D eigenvalue weighted by Gasteiger charge is -2.26. The number of para-hydroxylation sites is 1. The van der Waals surface area contributed by atoms with Gasteiger partial charge in [0, 0.05) is 19.6 Å². The highest BCUT2D eigenvalue weighted by Crippen LogP contribution is 2.27. The largest absolute Gasteiger partial charge is 0.426 e. The fourth-order valence-corrected chi connectivity index (χ4v) is 3.44. The zero-order valence-corrected chi connectivity index (χ0v) is 13.8. The fourth-order valence-electron chi connectivity index (χ4n) is 3.44. The van der Waals surface area contributed by atoms with Gasteiger partial charge in [-0.2, -0.15) is 0 Å². The quantitative estimate of drug-likeness (QED) is 0.618. The van der Waals surface area contributed by atoms with Crippen LogP contribution in [0.25, 0.3) is 0 Å². The van der Waals surface area contributed by atoms with Gasteiger partial charge in [0.15, 0.2) is 0 Å². The number of carbonyl (C=O) groups excluding carboxylic acids is 1. The number of nitrogens with zero attached hydrogens (tertiary/aromatic N) is 1. The monoisotopic (exact) mass is 317 g/mol. The van der Waals surface area contributed by atoms with Gasteiger partial charge in [0.2, 0.25) is 0 Å². The van der Waals surface area contributed by atoms with E-state index in [-0.39, 0.29) is 11.9 Å². The topological polar surface area (TPSA) is 38.8 Å². The molecule has 0 N–H and O–H groups in total. The molecule has 23 heavy (non-hydrogen) atoms. The first kappa shape index (κ1) is 16.5. The lowest BCUT2D eigenvalue weighted by Crippen LogP contribution is -2.37. The van der Waals surface area contributed by atoms with Crippen molar-refractivity contribution in [2.75, 3.05) is 32.8 Å². The molecule has 4 heteroatoms. The van der Waals surface area contributed by atoms with Crippen LogP contribution in [0.5, 0.6) is 5.75 Å². The molecule has 0 aromatic heterocycles. The van der Waals surface area contributed by atoms with Gasteiger partial charge < -0.3 is 9.47 Å². The predicted octanol–water partition coefficient (Wildman–Crippen LogP) is 3.05. The zero-order valence-electron chi connectivity index (χ0n) is 13.8. The molecule has 0 bridgehead atoms. The maximum absolute atomic E-state index is 12.4. The summed E-state index contributed by atoms with van der Waals surface area (Å²) in [4.78, 5) is 14.8. The highest BCUT2D eigenvalue weighted by Gasteiger charge is 2.23. The summed E-state index contributed by atoms with van der Waals surface area (Å²) in [5.74, 6) is 0.802. The summed E-state index contributed by atoms with van der Waals surface area (Å²) in [6.07, 6.45) is 6.43. The molecule has 2 aliphatic rings. The summed E-state index contributed by atoms with van der Waals surface area (Å²) in [6, 6.07) is 7.97. The Morgan fingerprint density at radius 2 is 1.87 bits per heavy atom. The van der Waals surface area contributed by atoms with Gasteiger partial charge in [-0.05, 0) is 30.9 Å². The average molecular weight is 317 g/mol. The first-order chi connectivity index (χ1) is 11.3. The van der Waals surface area contributed by atoms with Gasteiger partial charge in [-0.3, -0.25) is 9.69 Å². The van der Waals surface area contributed by atoms with Gasteiger partial charge in [-0.15, -0.1) is 0 Å². The second-order valence-electron chi connectivity index (χ2n) is 6.57. The van der Waals surface area contributed by atoms with Crippen LogP contribution in [0.1, 0.15) is 37.7 Å². The Hall–Kier alpha value is -1.39. The van der Waals surface area contributed by atoms with Gasteiger partial charge in [0.1, 0.15) is 5.75 Å². The van der Waals surface area contributed by atoms with Crippen LogP contribution in [0.4, 0.5) is 0 Å². The molecule has 1 aromatic carbocycles. The van der Waals surface area contributed by atoms with Gasteiger partial charge in [-0.1, -0.05) is 37.5 Å². The first-order valence-electron chi connectivity index (χ1n) is 8.92. The Morgan fingerprint density at radius 1 is 1.13 bits per heavy atom. The zero-order chi connectivity index (χ0) is 15.9. The first-order valence-corrected chi connectivity index (χ1v) is 8.92. The molecular weight excluding hydrogens is 290 g/mol. The summed E-state index contributed by atoms with van der Waals surface area (Å²) in [5.41, 5.74) is 1.13. The molecule has 126 valence electrons. The number of hydrogen-bond donors (Lipinski definition) is 0. The minimum Gasteiger partial charge on any atom is -0.426 e. The Morgan fingerprint density at radius 3 is 2.65 bits per heavy atom. The minimum absolute atomic E-state index is 0.0384. The van der Waals surface area contributed by atoms with Gasteiger partial charge in [0.25, 0.3) is 0 Å².